The first-order chi connectivity index (χ1) is 13.2. The zero-order valence-corrected chi connectivity index (χ0v) is 17.5. The average molecular weight is 483 g/mol. The number of amides is 2. The van der Waals surface area contributed by atoms with Crippen molar-refractivity contribution in [2.45, 2.75) is 16.6 Å². The molecular weight excluding hydrogens is 468 g/mol. The number of halogens is 1. The molecule has 0 spiro atoms. The average Bonchev–Trinajstić information content (AvgIpc) is 2.95. The van der Waals surface area contributed by atoms with E-state index in [9.17, 15) is 18.0 Å². The highest BCUT2D eigenvalue weighted by molar-refractivity contribution is 9.10. The molecule has 146 valence electrons. The summed E-state index contributed by atoms with van der Waals surface area (Å²) in [5.74, 6) is -0.593. The van der Waals surface area contributed by atoms with Gasteiger partial charge in [-0.05, 0) is 48.5 Å². The molecule has 1 saturated heterocycles. The summed E-state index contributed by atoms with van der Waals surface area (Å²) < 4.78 is 23.4. The summed E-state index contributed by atoms with van der Waals surface area (Å²) in [5.41, 5.74) is 1.09. The van der Waals surface area contributed by atoms with Crippen LogP contribution in [-0.4, -0.2) is 30.6 Å². The number of rotatable bonds is 5. The lowest BCUT2D eigenvalue weighted by Crippen LogP contribution is -2.28. The number of primary sulfonamides is 1. The van der Waals surface area contributed by atoms with Crippen LogP contribution in [-0.2, 0) is 19.6 Å². The Balaban J connectivity index is 1.62. The minimum atomic E-state index is -3.78. The summed E-state index contributed by atoms with van der Waals surface area (Å²) in [6, 6.07) is 12.7. The lowest BCUT2D eigenvalue weighted by molar-refractivity contribution is -0.122. The molecule has 0 aromatic heterocycles. The summed E-state index contributed by atoms with van der Waals surface area (Å²) >= 11 is 4.46. The van der Waals surface area contributed by atoms with Gasteiger partial charge in [-0.3, -0.25) is 9.59 Å². The van der Waals surface area contributed by atoms with E-state index in [0.29, 0.717) is 16.5 Å². The molecule has 4 N–H and O–H groups in total. The molecule has 1 heterocycles. The van der Waals surface area contributed by atoms with Crippen LogP contribution in [0.25, 0.3) is 0 Å². The van der Waals surface area contributed by atoms with Crippen molar-refractivity contribution < 1.29 is 18.0 Å². The summed E-state index contributed by atoms with van der Waals surface area (Å²) in [5, 5.41) is 10.2. The normalized spacial score (nSPS) is 18.1. The Hall–Kier alpha value is -2.21. The van der Waals surface area contributed by atoms with E-state index in [1.807, 2.05) is 0 Å². The van der Waals surface area contributed by atoms with Crippen LogP contribution >= 0.6 is 27.7 Å². The van der Waals surface area contributed by atoms with E-state index in [2.05, 4.69) is 31.6 Å². The smallest absolute Gasteiger partial charge is 0.240 e. The molecule has 0 radical (unpaired) electrons. The standard InChI is InChI=1S/C17H15BrN4O4S2/c18-10-1-3-11(4-2-10)20-15(23)9-14-16(24)22-17(27-14)21-12-5-7-13(8-6-12)28(19,25)26/h1-8,14H,9H2,(H,20,23)(H2,19,25,26)(H,21,22,24). The van der Waals surface area contributed by atoms with Crippen molar-refractivity contribution in [3.63, 3.8) is 0 Å². The first kappa shape index (κ1) is 20.5. The number of nitrogens with zero attached hydrogens (tertiary/aromatic N) is 1. The second-order valence-electron chi connectivity index (χ2n) is 5.81. The summed E-state index contributed by atoms with van der Waals surface area (Å²) in [6.07, 6.45) is -0.00403. The topological polar surface area (TPSA) is 131 Å². The van der Waals surface area contributed by atoms with Gasteiger partial charge in [-0.15, -0.1) is 0 Å². The second-order valence-corrected chi connectivity index (χ2v) is 9.48. The largest absolute Gasteiger partial charge is 0.326 e. The van der Waals surface area contributed by atoms with Gasteiger partial charge in [0.15, 0.2) is 5.17 Å². The van der Waals surface area contributed by atoms with E-state index in [0.717, 1.165) is 16.2 Å². The lowest BCUT2D eigenvalue weighted by Gasteiger charge is -2.07. The molecule has 2 aromatic carbocycles. The van der Waals surface area contributed by atoms with Gasteiger partial charge in [0.05, 0.1) is 10.6 Å². The Morgan fingerprint density at radius 3 is 2.43 bits per heavy atom. The molecule has 11 heteroatoms. The third kappa shape index (κ3) is 5.41. The third-order valence-corrected chi connectivity index (χ3v) is 6.21. The molecule has 28 heavy (non-hydrogen) atoms. The fourth-order valence-corrected chi connectivity index (χ4v) is 4.10. The number of hydrogen-bond acceptors (Lipinski definition) is 6. The molecule has 1 unspecified atom stereocenters. The van der Waals surface area contributed by atoms with Gasteiger partial charge < -0.3 is 10.6 Å². The van der Waals surface area contributed by atoms with E-state index < -0.39 is 15.3 Å². The number of thioether (sulfide) groups is 1. The van der Waals surface area contributed by atoms with Crippen molar-refractivity contribution in [2.24, 2.45) is 10.1 Å². The van der Waals surface area contributed by atoms with Crippen LogP contribution in [0, 0.1) is 0 Å². The highest BCUT2D eigenvalue weighted by atomic mass is 79.9. The van der Waals surface area contributed by atoms with Crippen LogP contribution in [0.5, 0.6) is 0 Å². The first-order valence-corrected chi connectivity index (χ1v) is 11.2. The molecule has 0 aliphatic carbocycles. The molecule has 1 fully saturated rings. The van der Waals surface area contributed by atoms with E-state index in [4.69, 9.17) is 5.14 Å². The molecule has 3 rings (SSSR count). The van der Waals surface area contributed by atoms with Gasteiger partial charge >= 0.3 is 0 Å². The highest BCUT2D eigenvalue weighted by Crippen LogP contribution is 2.26. The summed E-state index contributed by atoms with van der Waals surface area (Å²) in [7, 11) is -3.78. The minimum Gasteiger partial charge on any atom is -0.326 e. The van der Waals surface area contributed by atoms with Crippen LogP contribution in [0.4, 0.5) is 11.4 Å². The Morgan fingerprint density at radius 2 is 1.82 bits per heavy atom. The van der Waals surface area contributed by atoms with Gasteiger partial charge in [0.2, 0.25) is 21.8 Å². The first-order valence-electron chi connectivity index (χ1n) is 7.95. The van der Waals surface area contributed by atoms with Crippen molar-refractivity contribution in [1.82, 2.24) is 5.32 Å². The predicted octanol–water partition coefficient (Wildman–Crippen LogP) is 2.34. The molecule has 1 atom stereocenters. The maximum absolute atomic E-state index is 12.2. The van der Waals surface area contributed by atoms with Crippen molar-refractivity contribution in [2.75, 3.05) is 5.32 Å². The quantitative estimate of drug-likeness (QED) is 0.601. The fourth-order valence-electron chi connectivity index (χ4n) is 2.33. The Bertz CT molecular complexity index is 1040. The molecule has 1 aliphatic rings. The van der Waals surface area contributed by atoms with Gasteiger partial charge in [0.25, 0.3) is 0 Å². The lowest BCUT2D eigenvalue weighted by atomic mass is 10.2. The molecule has 0 bridgehead atoms. The number of sulfonamides is 1. The zero-order chi connectivity index (χ0) is 20.3. The van der Waals surface area contributed by atoms with Gasteiger partial charge in [-0.1, -0.05) is 27.7 Å². The molecular formula is C17H15BrN4O4S2. The van der Waals surface area contributed by atoms with E-state index >= 15 is 0 Å². The van der Waals surface area contributed by atoms with Crippen LogP contribution in [0.2, 0.25) is 0 Å². The number of aliphatic imine (C=N–C) groups is 1. The molecule has 0 saturated carbocycles. The number of anilines is 1. The van der Waals surface area contributed by atoms with Crippen LogP contribution < -0.4 is 15.8 Å². The van der Waals surface area contributed by atoms with Gasteiger partial charge in [0, 0.05) is 16.6 Å². The van der Waals surface area contributed by atoms with Gasteiger partial charge in [-0.2, -0.15) is 0 Å². The number of amidine groups is 1. The summed E-state index contributed by atoms with van der Waals surface area (Å²) in [4.78, 5) is 28.5. The van der Waals surface area contributed by atoms with Crippen molar-refractivity contribution in [1.29, 1.82) is 0 Å². The predicted molar refractivity (Wildman–Crippen MR) is 112 cm³/mol. The molecule has 8 nitrogen and oxygen atoms in total. The van der Waals surface area contributed by atoms with Crippen molar-refractivity contribution in [3.8, 4) is 0 Å². The van der Waals surface area contributed by atoms with E-state index in [1.54, 1.807) is 24.3 Å². The monoisotopic (exact) mass is 482 g/mol. The van der Waals surface area contributed by atoms with Crippen LogP contribution in [0.1, 0.15) is 6.42 Å². The molecule has 1 aliphatic heterocycles. The van der Waals surface area contributed by atoms with Crippen LogP contribution in [0.15, 0.2) is 62.9 Å². The third-order valence-electron chi connectivity index (χ3n) is 3.67. The SMILES string of the molecule is NS(=O)(=O)c1ccc(N=C2NC(=O)C(CC(=O)Nc3ccc(Br)cc3)S2)cc1. The fraction of sp³-hybridized carbons (Fsp3) is 0.118. The highest BCUT2D eigenvalue weighted by Gasteiger charge is 2.32. The van der Waals surface area contributed by atoms with Gasteiger partial charge in [0.1, 0.15) is 5.25 Å². The number of benzene rings is 2. The van der Waals surface area contributed by atoms with Crippen molar-refractivity contribution in [3.05, 3.63) is 53.0 Å². The van der Waals surface area contributed by atoms with Crippen molar-refractivity contribution >= 4 is 66.1 Å². The maximum atomic E-state index is 12.2. The van der Waals surface area contributed by atoms with Gasteiger partial charge in [-0.25, -0.2) is 18.5 Å². The Kier molecular flexibility index (Phi) is 6.18. The number of carbonyl (C=O) groups excluding carboxylic acids is 2. The second kappa shape index (κ2) is 8.43. The zero-order valence-electron chi connectivity index (χ0n) is 14.3. The number of nitrogens with one attached hydrogen (secondary N) is 2. The van der Waals surface area contributed by atoms with E-state index in [-0.39, 0.29) is 23.1 Å². The minimum absolute atomic E-state index is 0.00403. The van der Waals surface area contributed by atoms with Crippen LogP contribution in [0.3, 0.4) is 0 Å². The number of carbonyl (C=O) groups is 2. The molecule has 2 aromatic rings. The van der Waals surface area contributed by atoms with E-state index in [1.165, 1.54) is 24.3 Å². The maximum Gasteiger partial charge on any atom is 0.240 e. The number of nitrogens with two attached hydrogens (primary N) is 1. The number of hydrogen-bond donors (Lipinski definition) is 3. The Morgan fingerprint density at radius 1 is 1.18 bits per heavy atom. The molecule has 2 amide bonds. The summed E-state index contributed by atoms with van der Waals surface area (Å²) in [6.45, 7) is 0. The Labute approximate surface area is 174 Å².